The second kappa shape index (κ2) is 7.56. The number of Topliss-reactive ketones (excluding diaryl/α,β-unsaturated/α-hetero) is 1. The van der Waals surface area contributed by atoms with Crippen molar-refractivity contribution in [3.05, 3.63) is 41.1 Å². The number of carbonyl (C=O) groups excluding carboxylic acids is 1. The minimum absolute atomic E-state index is 0.0635. The number of ether oxygens (including phenoxy) is 1. The van der Waals surface area contributed by atoms with Crippen LogP contribution in [-0.4, -0.2) is 27.9 Å². The summed E-state index contributed by atoms with van der Waals surface area (Å²) in [6.45, 7) is 12.6. The van der Waals surface area contributed by atoms with E-state index in [0.29, 0.717) is 5.11 Å². The van der Waals surface area contributed by atoms with E-state index in [4.69, 9.17) is 17.0 Å². The Morgan fingerprint density at radius 1 is 1.28 bits per heavy atom. The van der Waals surface area contributed by atoms with Gasteiger partial charge in [0.25, 0.3) is 0 Å². The van der Waals surface area contributed by atoms with E-state index in [9.17, 15) is 4.79 Å². The molecule has 1 aliphatic heterocycles. The average molecular weight is 361 g/mol. The lowest BCUT2D eigenvalue weighted by Gasteiger charge is -2.37. The molecule has 136 valence electrons. The van der Waals surface area contributed by atoms with E-state index in [1.54, 1.807) is 6.92 Å². The molecule has 0 bridgehead atoms. The Bertz CT molecular complexity index is 687. The monoisotopic (exact) mass is 360 g/mol. The molecule has 0 aliphatic carbocycles. The normalized spacial score (nSPS) is 18.2. The van der Waals surface area contributed by atoms with Crippen LogP contribution in [0.15, 0.2) is 35.5 Å². The van der Waals surface area contributed by atoms with Gasteiger partial charge >= 0.3 is 0 Å². The van der Waals surface area contributed by atoms with E-state index in [1.807, 2.05) is 56.9 Å². The largest absolute Gasteiger partial charge is 0.488 e. The van der Waals surface area contributed by atoms with Crippen LogP contribution in [0.1, 0.15) is 59.6 Å². The molecule has 1 aromatic carbocycles. The first-order valence-corrected chi connectivity index (χ1v) is 9.13. The number of hydrogen-bond acceptors (Lipinski definition) is 3. The molecule has 0 amide bonds. The van der Waals surface area contributed by atoms with Gasteiger partial charge in [0.05, 0.1) is 6.04 Å². The highest BCUT2D eigenvalue weighted by Crippen LogP contribution is 2.32. The quantitative estimate of drug-likeness (QED) is 0.790. The zero-order chi connectivity index (χ0) is 18.8. The van der Waals surface area contributed by atoms with Crippen LogP contribution in [0.25, 0.3) is 0 Å². The zero-order valence-electron chi connectivity index (χ0n) is 16.0. The van der Waals surface area contributed by atoms with Crippen molar-refractivity contribution >= 4 is 23.1 Å². The van der Waals surface area contributed by atoms with Gasteiger partial charge in [-0.1, -0.05) is 19.1 Å². The summed E-state index contributed by atoms with van der Waals surface area (Å²) in [6.07, 6.45) is 0.966. The van der Waals surface area contributed by atoms with Crippen molar-refractivity contribution in [3.63, 3.8) is 0 Å². The number of hydrogen-bond donors (Lipinski definition) is 1. The first kappa shape index (κ1) is 19.4. The Labute approximate surface area is 156 Å². The van der Waals surface area contributed by atoms with Crippen molar-refractivity contribution in [1.29, 1.82) is 0 Å². The number of carbonyl (C=O) groups is 1. The minimum Gasteiger partial charge on any atom is -0.488 e. The highest BCUT2D eigenvalue weighted by molar-refractivity contribution is 7.80. The molecule has 0 radical (unpaired) electrons. The van der Waals surface area contributed by atoms with Gasteiger partial charge in [-0.05, 0) is 71.0 Å². The lowest BCUT2D eigenvalue weighted by atomic mass is 9.92. The van der Waals surface area contributed by atoms with Crippen molar-refractivity contribution in [1.82, 2.24) is 10.2 Å². The summed E-state index contributed by atoms with van der Waals surface area (Å²) in [5.41, 5.74) is 2.47. The summed E-state index contributed by atoms with van der Waals surface area (Å²) in [4.78, 5) is 14.3. The van der Waals surface area contributed by atoms with Crippen molar-refractivity contribution in [2.75, 3.05) is 6.54 Å². The maximum atomic E-state index is 12.3. The summed E-state index contributed by atoms with van der Waals surface area (Å²) in [5, 5.41) is 4.01. The van der Waals surface area contributed by atoms with E-state index < -0.39 is 0 Å². The van der Waals surface area contributed by atoms with Crippen LogP contribution in [0, 0.1) is 0 Å². The van der Waals surface area contributed by atoms with E-state index in [0.717, 1.165) is 35.5 Å². The number of thiocarbonyl (C=S) groups is 1. The van der Waals surface area contributed by atoms with Crippen LogP contribution in [0.4, 0.5) is 0 Å². The van der Waals surface area contributed by atoms with Gasteiger partial charge in [0.2, 0.25) is 0 Å². The number of benzene rings is 1. The second-order valence-corrected chi connectivity index (χ2v) is 7.76. The predicted molar refractivity (Wildman–Crippen MR) is 106 cm³/mol. The maximum absolute atomic E-state index is 12.3. The van der Waals surface area contributed by atoms with Crippen LogP contribution in [0.3, 0.4) is 0 Å². The topological polar surface area (TPSA) is 41.6 Å². The van der Waals surface area contributed by atoms with Crippen molar-refractivity contribution in [3.8, 4) is 5.75 Å². The van der Waals surface area contributed by atoms with Gasteiger partial charge in [-0.25, -0.2) is 0 Å². The summed E-state index contributed by atoms with van der Waals surface area (Å²) >= 11 is 5.53. The molecule has 0 saturated carbocycles. The number of nitrogens with one attached hydrogen (secondary N) is 1. The third-order valence-corrected chi connectivity index (χ3v) is 4.40. The molecule has 1 atom stereocenters. The standard InChI is InChI=1S/C20H28N2O2S/c1-7-12-22-13(2)17(14(3)23)18(21-19(22)25)15-8-10-16(11-9-15)24-20(4,5)6/h8-11,18H,7,12H2,1-6H3,(H,21,25). The highest BCUT2D eigenvalue weighted by atomic mass is 32.1. The van der Waals surface area contributed by atoms with Crippen LogP contribution in [0.5, 0.6) is 5.75 Å². The SMILES string of the molecule is CCCN1C(=S)NC(c2ccc(OC(C)(C)C)cc2)C(C(C)=O)=C1C. The van der Waals surface area contributed by atoms with Gasteiger partial charge < -0.3 is 15.0 Å². The van der Waals surface area contributed by atoms with Gasteiger partial charge in [0, 0.05) is 17.8 Å². The molecule has 1 heterocycles. The molecule has 1 N–H and O–H groups in total. The summed E-state index contributed by atoms with van der Waals surface area (Å²) < 4.78 is 5.88. The molecule has 25 heavy (non-hydrogen) atoms. The molecule has 0 saturated heterocycles. The first-order chi connectivity index (χ1) is 11.6. The minimum atomic E-state index is -0.242. The maximum Gasteiger partial charge on any atom is 0.173 e. The molecular formula is C20H28N2O2S. The van der Waals surface area contributed by atoms with Crippen LogP contribution < -0.4 is 10.1 Å². The lowest BCUT2D eigenvalue weighted by Crippen LogP contribution is -2.47. The summed E-state index contributed by atoms with van der Waals surface area (Å²) in [5.74, 6) is 0.876. The van der Waals surface area contributed by atoms with Gasteiger partial charge in [-0.3, -0.25) is 4.79 Å². The van der Waals surface area contributed by atoms with Gasteiger partial charge in [0.1, 0.15) is 11.4 Å². The average Bonchev–Trinajstić information content (AvgIpc) is 2.49. The number of ketones is 1. The molecule has 4 nitrogen and oxygen atoms in total. The Balaban J connectivity index is 2.37. The van der Waals surface area contributed by atoms with E-state index in [1.165, 1.54) is 0 Å². The fourth-order valence-electron chi connectivity index (χ4n) is 3.06. The Morgan fingerprint density at radius 3 is 2.36 bits per heavy atom. The van der Waals surface area contributed by atoms with Crippen molar-refractivity contribution in [2.24, 2.45) is 0 Å². The van der Waals surface area contributed by atoms with Crippen LogP contribution >= 0.6 is 12.2 Å². The third-order valence-electron chi connectivity index (χ3n) is 4.06. The molecule has 0 fully saturated rings. The molecule has 0 spiro atoms. The van der Waals surface area contributed by atoms with Gasteiger partial charge in [-0.2, -0.15) is 0 Å². The Kier molecular flexibility index (Phi) is 5.88. The number of nitrogens with zero attached hydrogens (tertiary/aromatic N) is 1. The van der Waals surface area contributed by atoms with E-state index >= 15 is 0 Å². The van der Waals surface area contributed by atoms with Crippen molar-refractivity contribution in [2.45, 2.75) is 59.6 Å². The first-order valence-electron chi connectivity index (χ1n) is 8.72. The molecule has 1 aromatic rings. The van der Waals surface area contributed by atoms with Crippen molar-refractivity contribution < 1.29 is 9.53 Å². The van der Waals surface area contributed by atoms with E-state index in [2.05, 4.69) is 12.2 Å². The Hall–Kier alpha value is -1.88. The summed E-state index contributed by atoms with van der Waals surface area (Å²) in [7, 11) is 0. The third kappa shape index (κ3) is 4.60. The van der Waals surface area contributed by atoms with Crippen LogP contribution in [-0.2, 0) is 4.79 Å². The molecule has 2 rings (SSSR count). The smallest absolute Gasteiger partial charge is 0.173 e. The van der Waals surface area contributed by atoms with Crippen LogP contribution in [0.2, 0.25) is 0 Å². The molecule has 5 heteroatoms. The highest BCUT2D eigenvalue weighted by Gasteiger charge is 2.31. The summed E-state index contributed by atoms with van der Waals surface area (Å²) in [6, 6.07) is 7.65. The molecule has 0 aromatic heterocycles. The Morgan fingerprint density at radius 2 is 1.88 bits per heavy atom. The fourth-order valence-corrected chi connectivity index (χ4v) is 3.41. The number of allylic oxidation sites excluding steroid dienone is 1. The second-order valence-electron chi connectivity index (χ2n) is 7.37. The predicted octanol–water partition coefficient (Wildman–Crippen LogP) is 4.37. The van der Waals surface area contributed by atoms with Gasteiger partial charge in [-0.15, -0.1) is 0 Å². The van der Waals surface area contributed by atoms with Gasteiger partial charge in [0.15, 0.2) is 10.9 Å². The van der Waals surface area contributed by atoms with E-state index in [-0.39, 0.29) is 17.4 Å². The fraction of sp³-hybridized carbons (Fsp3) is 0.500. The molecular weight excluding hydrogens is 332 g/mol. The lowest BCUT2D eigenvalue weighted by molar-refractivity contribution is -0.114. The number of rotatable bonds is 5. The zero-order valence-corrected chi connectivity index (χ0v) is 16.8. The molecule has 1 aliphatic rings. The molecule has 1 unspecified atom stereocenters.